The Labute approximate surface area is 603 Å². The van der Waals surface area contributed by atoms with Crippen molar-refractivity contribution >= 4 is 17.9 Å². The third kappa shape index (κ3) is 80.2. The van der Waals surface area contributed by atoms with E-state index in [0.29, 0.717) is 17.4 Å². The van der Waals surface area contributed by atoms with Crippen LogP contribution < -0.4 is 0 Å². The number of esters is 2. The number of carboxylic acids is 1. The molecule has 0 aromatic rings. The van der Waals surface area contributed by atoms with Gasteiger partial charge in [-0.15, -0.1) is 0 Å². The zero-order valence-corrected chi connectivity index (χ0v) is 65.3. The van der Waals surface area contributed by atoms with Crippen molar-refractivity contribution in [3.8, 4) is 0 Å². The topological polar surface area (TPSA) is 108 Å². The third-order valence-corrected chi connectivity index (χ3v) is 19.3. The minimum absolute atomic E-state index is 0.176. The number of ether oxygens (including phenoxy) is 4. The van der Waals surface area contributed by atoms with Crippen molar-refractivity contribution in [1.82, 2.24) is 0 Å². The highest BCUT2D eigenvalue weighted by molar-refractivity contribution is 5.71. The zero-order chi connectivity index (χ0) is 70.4. The number of hydrogen-bond acceptors (Lipinski definition) is 7. The molecule has 0 aliphatic rings. The van der Waals surface area contributed by atoms with Gasteiger partial charge in [-0.2, -0.15) is 0 Å². The van der Waals surface area contributed by atoms with Gasteiger partial charge in [0.05, 0.1) is 34.4 Å². The van der Waals surface area contributed by atoms with E-state index >= 15 is 0 Å². The number of carboxylic acid groups (broad SMARTS) is 1. The number of likely N-dealkylation sites (N-methyl/N-ethyl adjacent to an activating group) is 1. The molecule has 0 aliphatic heterocycles. The van der Waals surface area contributed by atoms with Crippen molar-refractivity contribution < 1.29 is 42.9 Å². The number of unbranched alkanes of at least 4 members (excludes halogenated alkanes) is 55. The summed E-state index contributed by atoms with van der Waals surface area (Å²) in [5, 5.41) is 9.78. The highest BCUT2D eigenvalue weighted by Crippen LogP contribution is 2.20. The minimum Gasteiger partial charge on any atom is -0.477 e. The van der Waals surface area contributed by atoms with Crippen LogP contribution in [0.4, 0.5) is 0 Å². The molecule has 9 nitrogen and oxygen atoms in total. The molecule has 0 aliphatic carbocycles. The van der Waals surface area contributed by atoms with Crippen LogP contribution in [-0.4, -0.2) is 87.4 Å². The molecule has 0 heterocycles. The van der Waals surface area contributed by atoms with E-state index in [4.69, 9.17) is 18.9 Å². The van der Waals surface area contributed by atoms with Gasteiger partial charge in [0.25, 0.3) is 6.29 Å². The minimum atomic E-state index is -1.51. The molecule has 2 unspecified atom stereocenters. The zero-order valence-electron chi connectivity index (χ0n) is 65.3. The van der Waals surface area contributed by atoms with Crippen molar-refractivity contribution in [3.05, 3.63) is 60.8 Å². The highest BCUT2D eigenvalue weighted by Gasteiger charge is 2.25. The van der Waals surface area contributed by atoms with Gasteiger partial charge in [-0.3, -0.25) is 9.59 Å². The molecule has 0 aromatic carbocycles. The fraction of sp³-hybridized carbons (Fsp3) is 0.852. The van der Waals surface area contributed by atoms with E-state index < -0.39 is 18.4 Å². The van der Waals surface area contributed by atoms with Crippen LogP contribution in [0.3, 0.4) is 0 Å². The fourth-order valence-electron chi connectivity index (χ4n) is 12.8. The lowest BCUT2D eigenvalue weighted by molar-refractivity contribution is -0.870. The van der Waals surface area contributed by atoms with Crippen LogP contribution in [0.15, 0.2) is 60.8 Å². The number of rotatable bonds is 80. The first kappa shape index (κ1) is 94.0. The summed E-state index contributed by atoms with van der Waals surface area (Å²) in [7, 11) is 6.00. The number of nitrogens with zero attached hydrogens (tertiary/aromatic N) is 1. The molecule has 0 aromatic heterocycles. The first-order valence-electron chi connectivity index (χ1n) is 42.5. The Hall–Kier alpha value is -3.01. The Balaban J connectivity index is 3.92. The van der Waals surface area contributed by atoms with E-state index in [-0.39, 0.29) is 38.2 Å². The van der Waals surface area contributed by atoms with Crippen molar-refractivity contribution in [3.63, 3.8) is 0 Å². The lowest BCUT2D eigenvalue weighted by Gasteiger charge is -2.25. The third-order valence-electron chi connectivity index (χ3n) is 19.3. The van der Waals surface area contributed by atoms with E-state index in [2.05, 4.69) is 74.6 Å². The lowest BCUT2D eigenvalue weighted by Crippen LogP contribution is -2.40. The summed E-state index contributed by atoms with van der Waals surface area (Å²) < 4.78 is 23.1. The van der Waals surface area contributed by atoms with Crippen LogP contribution in [0.5, 0.6) is 0 Å². The average Bonchev–Trinajstić information content (AvgIpc) is 2.59. The number of carbonyl (C=O) groups excluding carboxylic acids is 2. The first-order valence-corrected chi connectivity index (χ1v) is 42.5. The van der Waals surface area contributed by atoms with Crippen LogP contribution >= 0.6 is 0 Å². The Bertz CT molecular complexity index is 1780. The van der Waals surface area contributed by atoms with Crippen molar-refractivity contribution in [2.75, 3.05) is 47.5 Å². The fourth-order valence-corrected chi connectivity index (χ4v) is 12.8. The Morgan fingerprint density at radius 2 is 0.588 bits per heavy atom. The average molecular weight is 1360 g/mol. The smallest absolute Gasteiger partial charge is 0.361 e. The standard InChI is InChI=1S/C88H163NO8/c1-6-8-10-12-14-16-18-20-22-24-26-28-30-32-34-36-38-40-41-42-43-44-45-47-48-50-52-54-56-58-60-62-64-66-68-70-72-74-76-78-85(90)95-82-84(83-96-88(87(92)93)94-81-80-89(3,4)5)97-86(91)79-77-75-73-71-69-67-65-63-61-59-57-55-53-51-49-46-39-37-35-33-31-29-27-25-23-21-19-17-15-13-11-9-7-2/h9,11,15,17,21,23-24,26-27,29,84,88H,6-8,10,12-14,16,18-20,22,25,28,30-83H2,1-5H3/p+1/b11-9-,17-15-,23-21-,26-24-,29-27-. The summed E-state index contributed by atoms with van der Waals surface area (Å²) >= 11 is 0. The molecular weight excluding hydrogens is 1200 g/mol. The molecule has 568 valence electrons. The van der Waals surface area contributed by atoms with Gasteiger partial charge < -0.3 is 28.5 Å². The van der Waals surface area contributed by atoms with E-state index in [0.717, 1.165) is 64.2 Å². The van der Waals surface area contributed by atoms with E-state index in [1.807, 2.05) is 21.1 Å². The summed E-state index contributed by atoms with van der Waals surface area (Å²) in [5.74, 6) is -1.97. The number of quaternary nitrogens is 1. The van der Waals surface area contributed by atoms with Gasteiger partial charge in [0.15, 0.2) is 6.10 Å². The second-order valence-electron chi connectivity index (χ2n) is 30.1. The first-order chi connectivity index (χ1) is 47.6. The number of allylic oxidation sites excluding steroid dienone is 10. The molecule has 0 amide bonds. The van der Waals surface area contributed by atoms with Gasteiger partial charge >= 0.3 is 17.9 Å². The largest absolute Gasteiger partial charge is 0.477 e. The summed E-state index contributed by atoms with van der Waals surface area (Å²) in [6, 6.07) is 0. The lowest BCUT2D eigenvalue weighted by atomic mass is 10.0. The van der Waals surface area contributed by atoms with Gasteiger partial charge in [-0.05, 0) is 77.0 Å². The van der Waals surface area contributed by atoms with Crippen molar-refractivity contribution in [1.29, 1.82) is 0 Å². The maximum atomic E-state index is 13.0. The highest BCUT2D eigenvalue weighted by atomic mass is 16.7. The van der Waals surface area contributed by atoms with Gasteiger partial charge in [0.2, 0.25) is 0 Å². The van der Waals surface area contributed by atoms with E-state index in [9.17, 15) is 19.5 Å². The molecule has 0 saturated carbocycles. The Morgan fingerprint density at radius 3 is 0.887 bits per heavy atom. The normalized spacial score (nSPS) is 12.9. The van der Waals surface area contributed by atoms with Crippen LogP contribution in [0, 0.1) is 0 Å². The van der Waals surface area contributed by atoms with Crippen LogP contribution in [-0.2, 0) is 33.3 Å². The number of carbonyl (C=O) groups is 3. The summed E-state index contributed by atoms with van der Waals surface area (Å²) in [6.07, 6.45) is 103. The van der Waals surface area contributed by atoms with Gasteiger partial charge in [0, 0.05) is 12.8 Å². The van der Waals surface area contributed by atoms with Gasteiger partial charge in [0.1, 0.15) is 13.2 Å². The van der Waals surface area contributed by atoms with E-state index in [1.54, 1.807) is 0 Å². The van der Waals surface area contributed by atoms with Gasteiger partial charge in [-0.25, -0.2) is 4.79 Å². The molecule has 2 atom stereocenters. The Morgan fingerprint density at radius 1 is 0.320 bits per heavy atom. The second kappa shape index (κ2) is 78.7. The van der Waals surface area contributed by atoms with E-state index in [1.165, 1.54) is 334 Å². The molecule has 0 fully saturated rings. The summed E-state index contributed by atoms with van der Waals surface area (Å²) in [4.78, 5) is 37.8. The van der Waals surface area contributed by atoms with Gasteiger partial charge in [-0.1, -0.05) is 396 Å². The molecule has 0 spiro atoms. The molecule has 0 radical (unpaired) electrons. The Kier molecular flexibility index (Phi) is 76.3. The molecule has 0 rings (SSSR count). The number of aliphatic carboxylic acids is 1. The van der Waals surface area contributed by atoms with Crippen LogP contribution in [0.25, 0.3) is 0 Å². The quantitative estimate of drug-likeness (QED) is 0.0211. The van der Waals surface area contributed by atoms with Crippen LogP contribution in [0.2, 0.25) is 0 Å². The molecule has 0 saturated heterocycles. The van der Waals surface area contributed by atoms with Crippen molar-refractivity contribution in [2.45, 2.75) is 437 Å². The number of hydrogen-bond donors (Lipinski definition) is 1. The summed E-state index contributed by atoms with van der Waals surface area (Å²) in [6.45, 7) is 4.84. The molecule has 9 heteroatoms. The van der Waals surface area contributed by atoms with Crippen LogP contribution in [0.1, 0.15) is 425 Å². The SMILES string of the molecule is CC/C=C\C/C=C\C/C=C\C/C=C\CCCCCCCCCCCCCCCCCCCCCCC(=O)OC(COC(=O)CCCCCCCCCCCCCCCCCCCCCCCCCCCCC/C=C\CCCCCCCCCC)COC(OCC[N+](C)(C)C)C(=O)O. The molecule has 0 bridgehead atoms. The summed E-state index contributed by atoms with van der Waals surface area (Å²) in [5.41, 5.74) is 0. The maximum Gasteiger partial charge on any atom is 0.361 e. The second-order valence-corrected chi connectivity index (χ2v) is 30.1. The molecule has 97 heavy (non-hydrogen) atoms. The monoisotopic (exact) mass is 1360 g/mol. The maximum absolute atomic E-state index is 13.0. The predicted octanol–water partition coefficient (Wildman–Crippen LogP) is 27.4. The predicted molar refractivity (Wildman–Crippen MR) is 420 cm³/mol. The van der Waals surface area contributed by atoms with Crippen molar-refractivity contribution in [2.24, 2.45) is 0 Å². The molecular formula is C88H164NO8+. The molecule has 1 N–H and O–H groups in total.